The zero-order chi connectivity index (χ0) is 15.8. The van der Waals surface area contributed by atoms with Gasteiger partial charge in [-0.3, -0.25) is 4.79 Å². The van der Waals surface area contributed by atoms with E-state index >= 15 is 0 Å². The average Bonchev–Trinajstić information content (AvgIpc) is 2.46. The lowest BCUT2D eigenvalue weighted by Gasteiger charge is -2.27. The fourth-order valence-electron chi connectivity index (χ4n) is 2.16. The molecule has 0 aliphatic carbocycles. The third-order valence-electron chi connectivity index (χ3n) is 3.69. The van der Waals surface area contributed by atoms with E-state index in [-0.39, 0.29) is 5.91 Å². The van der Waals surface area contributed by atoms with Gasteiger partial charge in [-0.05, 0) is 30.2 Å². The Morgan fingerprint density at radius 2 is 1.48 bits per heavy atom. The Balaban J connectivity index is 2.73. The summed E-state index contributed by atoms with van der Waals surface area (Å²) in [5.74, 6) is 1.22. The molecule has 21 heavy (non-hydrogen) atoms. The van der Waals surface area contributed by atoms with Gasteiger partial charge < -0.3 is 10.6 Å². The minimum Gasteiger partial charge on any atom is -0.341 e. The third-order valence-corrected chi connectivity index (χ3v) is 3.69. The molecule has 2 N–H and O–H groups in total. The van der Waals surface area contributed by atoms with E-state index < -0.39 is 6.04 Å². The smallest absolute Gasteiger partial charge is 0.244 e. The number of carbonyl (C=O) groups is 1. The Morgan fingerprint density at radius 3 is 1.90 bits per heavy atom. The van der Waals surface area contributed by atoms with E-state index in [2.05, 4.69) is 27.7 Å². The van der Waals surface area contributed by atoms with Crippen molar-refractivity contribution in [2.45, 2.75) is 46.6 Å². The molecule has 0 aromatic heterocycles. The lowest BCUT2D eigenvalue weighted by molar-refractivity contribution is -0.133. The molecule has 1 aromatic carbocycles. The summed E-state index contributed by atoms with van der Waals surface area (Å²) in [6, 6.07) is 9.09. The van der Waals surface area contributed by atoms with Gasteiger partial charge in [-0.25, -0.2) is 0 Å². The van der Waals surface area contributed by atoms with Gasteiger partial charge in [0.2, 0.25) is 5.91 Å². The largest absolute Gasteiger partial charge is 0.341 e. The van der Waals surface area contributed by atoms with Gasteiger partial charge in [0, 0.05) is 13.1 Å². The fourth-order valence-corrected chi connectivity index (χ4v) is 2.16. The highest BCUT2D eigenvalue weighted by molar-refractivity contribution is 5.83. The minimum absolute atomic E-state index is 0.0440. The highest BCUT2D eigenvalue weighted by Crippen LogP contribution is 2.15. The van der Waals surface area contributed by atoms with Crippen molar-refractivity contribution in [1.29, 1.82) is 0 Å². The Kier molecular flexibility index (Phi) is 7.44. The summed E-state index contributed by atoms with van der Waals surface area (Å²) in [5, 5.41) is 0. The first-order valence-electron chi connectivity index (χ1n) is 8.01. The summed E-state index contributed by atoms with van der Waals surface area (Å²) in [4.78, 5) is 14.6. The van der Waals surface area contributed by atoms with Crippen LogP contribution < -0.4 is 5.73 Å². The topological polar surface area (TPSA) is 46.3 Å². The standard InChI is InChI=1S/C18H30N2O/c1-14(2)10-12-20(13-11-15(3)4)18(21)17(19)16-8-6-5-7-9-16/h5-9,14-15,17H,10-13,19H2,1-4H3/t17-/m0/s1. The predicted molar refractivity (Wildman–Crippen MR) is 88.9 cm³/mol. The second kappa shape index (κ2) is 8.83. The first-order valence-corrected chi connectivity index (χ1v) is 8.01. The Bertz CT molecular complexity index is 402. The van der Waals surface area contributed by atoms with Crippen LogP contribution in [0.15, 0.2) is 30.3 Å². The van der Waals surface area contributed by atoms with Gasteiger partial charge in [0.25, 0.3) is 0 Å². The zero-order valence-electron chi connectivity index (χ0n) is 13.9. The second-order valence-corrected chi connectivity index (χ2v) is 6.58. The molecule has 1 amide bonds. The number of amides is 1. The zero-order valence-corrected chi connectivity index (χ0v) is 13.9. The molecule has 0 fully saturated rings. The number of nitrogens with two attached hydrogens (primary N) is 1. The predicted octanol–water partition coefficient (Wildman–Crippen LogP) is 3.61. The number of hydrogen-bond donors (Lipinski definition) is 1. The quantitative estimate of drug-likeness (QED) is 0.795. The second-order valence-electron chi connectivity index (χ2n) is 6.58. The maximum Gasteiger partial charge on any atom is 0.244 e. The lowest BCUT2D eigenvalue weighted by Crippen LogP contribution is -2.40. The SMILES string of the molecule is CC(C)CCN(CCC(C)C)C(=O)[C@@H](N)c1ccccc1. The molecule has 0 aliphatic heterocycles. The molecule has 1 rings (SSSR count). The fraction of sp³-hybridized carbons (Fsp3) is 0.611. The normalized spacial score (nSPS) is 12.7. The van der Waals surface area contributed by atoms with Crippen molar-refractivity contribution in [2.24, 2.45) is 17.6 Å². The molecule has 1 aromatic rings. The molecule has 3 nitrogen and oxygen atoms in total. The molecule has 1 atom stereocenters. The van der Waals surface area contributed by atoms with E-state index in [0.29, 0.717) is 11.8 Å². The van der Waals surface area contributed by atoms with Crippen molar-refractivity contribution in [3.05, 3.63) is 35.9 Å². The number of nitrogens with zero attached hydrogens (tertiary/aromatic N) is 1. The van der Waals surface area contributed by atoms with Crippen molar-refractivity contribution in [3.63, 3.8) is 0 Å². The maximum atomic E-state index is 12.7. The maximum absolute atomic E-state index is 12.7. The summed E-state index contributed by atoms with van der Waals surface area (Å²) in [6.07, 6.45) is 2.04. The molecule has 0 saturated carbocycles. The van der Waals surface area contributed by atoms with Gasteiger partial charge >= 0.3 is 0 Å². The van der Waals surface area contributed by atoms with Gasteiger partial charge in [-0.2, -0.15) is 0 Å². The molecular formula is C18H30N2O. The molecule has 3 heteroatoms. The van der Waals surface area contributed by atoms with E-state index in [1.165, 1.54) is 0 Å². The van der Waals surface area contributed by atoms with Gasteiger partial charge in [0.1, 0.15) is 6.04 Å². The third kappa shape index (κ3) is 6.30. The van der Waals surface area contributed by atoms with Gasteiger partial charge in [0.05, 0.1) is 0 Å². The van der Waals surface area contributed by atoms with Crippen LogP contribution >= 0.6 is 0 Å². The van der Waals surface area contributed by atoms with Crippen LogP contribution in [0.5, 0.6) is 0 Å². The van der Waals surface area contributed by atoms with E-state index in [9.17, 15) is 4.79 Å². The van der Waals surface area contributed by atoms with Crippen molar-refractivity contribution in [3.8, 4) is 0 Å². The highest BCUT2D eigenvalue weighted by atomic mass is 16.2. The molecule has 118 valence electrons. The monoisotopic (exact) mass is 290 g/mol. The van der Waals surface area contributed by atoms with Crippen molar-refractivity contribution in [2.75, 3.05) is 13.1 Å². The highest BCUT2D eigenvalue weighted by Gasteiger charge is 2.22. The van der Waals surface area contributed by atoms with Crippen LogP contribution in [0.3, 0.4) is 0 Å². The Morgan fingerprint density at radius 1 is 1.00 bits per heavy atom. The molecule has 0 aliphatic rings. The molecule has 0 saturated heterocycles. The Labute approximate surface area is 129 Å². The molecule has 0 bridgehead atoms. The van der Waals surface area contributed by atoms with Gasteiger partial charge in [-0.1, -0.05) is 58.0 Å². The minimum atomic E-state index is -0.550. The summed E-state index contributed by atoms with van der Waals surface area (Å²) in [6.45, 7) is 10.3. The van der Waals surface area contributed by atoms with Crippen molar-refractivity contribution >= 4 is 5.91 Å². The first kappa shape index (κ1) is 17.7. The average molecular weight is 290 g/mol. The van der Waals surface area contributed by atoms with Crippen LogP contribution in [0.1, 0.15) is 52.1 Å². The molecule has 0 spiro atoms. The summed E-state index contributed by atoms with van der Waals surface area (Å²) in [7, 11) is 0. The number of carbonyl (C=O) groups excluding carboxylic acids is 1. The van der Waals surface area contributed by atoms with Crippen LogP contribution in [0.4, 0.5) is 0 Å². The van der Waals surface area contributed by atoms with Crippen LogP contribution in [0.25, 0.3) is 0 Å². The Hall–Kier alpha value is -1.35. The number of rotatable bonds is 8. The summed E-state index contributed by atoms with van der Waals surface area (Å²) in [5.41, 5.74) is 7.05. The van der Waals surface area contributed by atoms with E-state index in [0.717, 1.165) is 31.5 Å². The molecular weight excluding hydrogens is 260 g/mol. The lowest BCUT2D eigenvalue weighted by atomic mass is 10.0. The molecule has 0 heterocycles. The van der Waals surface area contributed by atoms with E-state index in [1.54, 1.807) is 0 Å². The summed E-state index contributed by atoms with van der Waals surface area (Å²) < 4.78 is 0. The van der Waals surface area contributed by atoms with Crippen molar-refractivity contribution < 1.29 is 4.79 Å². The van der Waals surface area contributed by atoms with Gasteiger partial charge in [-0.15, -0.1) is 0 Å². The van der Waals surface area contributed by atoms with E-state index in [1.807, 2.05) is 35.2 Å². The van der Waals surface area contributed by atoms with Crippen LogP contribution in [0.2, 0.25) is 0 Å². The van der Waals surface area contributed by atoms with Crippen LogP contribution in [0, 0.1) is 11.8 Å². The molecule has 0 unspecified atom stereocenters. The first-order chi connectivity index (χ1) is 9.91. The number of hydrogen-bond acceptors (Lipinski definition) is 2. The summed E-state index contributed by atoms with van der Waals surface area (Å²) >= 11 is 0. The molecule has 0 radical (unpaired) electrons. The van der Waals surface area contributed by atoms with E-state index in [4.69, 9.17) is 5.73 Å². The van der Waals surface area contributed by atoms with Crippen molar-refractivity contribution in [1.82, 2.24) is 4.90 Å². The number of benzene rings is 1. The van der Waals surface area contributed by atoms with Crippen LogP contribution in [-0.2, 0) is 4.79 Å². The van der Waals surface area contributed by atoms with Crippen LogP contribution in [-0.4, -0.2) is 23.9 Å². The van der Waals surface area contributed by atoms with Gasteiger partial charge in [0.15, 0.2) is 0 Å².